The molecule has 8 nitrogen and oxygen atoms in total. The van der Waals surface area contributed by atoms with Crippen LogP contribution >= 0.6 is 0 Å². The van der Waals surface area contributed by atoms with Crippen molar-refractivity contribution >= 4 is 11.8 Å². The largest absolute Gasteiger partial charge is 0.393 e. The van der Waals surface area contributed by atoms with Gasteiger partial charge in [-0.2, -0.15) is 0 Å². The standard InChI is InChI=1S/C63H102N2O6/c1-52(2)28-30-62(40(34-52)38-16-18-44-56(9)24-22-46(66)54(5,6)42(56)20-26-58(44,11)60(38,13)36-48(62)68)50(70)64-32-15-33-65-51(71)63-31-29-53(3,4)35-41(63)39-17-19-45-57(10)25-23-47(67)55(7,8)43(57)21-27-59(45,12)61(39,14)37-49(63)69/h16-17,40-49,66-69H,15,18-37H2,1-14H3,(H,64,70)(H,65,71)/t40-,41-,42?,43?,44+,45+,46-,47-,48+,49+,56-,57-,58+,59+,60+,61+,62+,63+/m0/s1. The molecule has 8 fully saturated rings. The van der Waals surface area contributed by atoms with Gasteiger partial charge in [-0.05, 0) is 212 Å². The number of nitrogens with one attached hydrogen (secondary N) is 2. The third kappa shape index (κ3) is 6.91. The highest BCUT2D eigenvalue weighted by Gasteiger charge is 2.73. The van der Waals surface area contributed by atoms with E-state index in [9.17, 15) is 20.4 Å². The van der Waals surface area contributed by atoms with Gasteiger partial charge in [0.25, 0.3) is 0 Å². The second kappa shape index (κ2) is 16.4. The van der Waals surface area contributed by atoms with Crippen molar-refractivity contribution in [2.75, 3.05) is 13.1 Å². The molecular formula is C63H102N2O6. The Bertz CT molecular complexity index is 2080. The monoisotopic (exact) mass is 983 g/mol. The molecule has 8 heteroatoms. The molecule has 0 aromatic carbocycles. The summed E-state index contributed by atoms with van der Waals surface area (Å²) >= 11 is 0. The molecule has 10 rings (SSSR count). The zero-order valence-corrected chi connectivity index (χ0v) is 47.4. The maximum Gasteiger partial charge on any atom is 0.229 e. The van der Waals surface area contributed by atoms with E-state index in [-0.39, 0.29) is 90.0 Å². The smallest absolute Gasteiger partial charge is 0.229 e. The average Bonchev–Trinajstić information content (AvgIpc) is 3.26. The van der Waals surface area contributed by atoms with Gasteiger partial charge in [-0.25, -0.2) is 0 Å². The summed E-state index contributed by atoms with van der Waals surface area (Å²) in [5.41, 5.74) is 0.630. The maximum absolute atomic E-state index is 15.1. The SMILES string of the molecule is CC1(C)CC[C@]2(C(=O)NCCCNC(=O)[C@]34CCC(C)(C)C[C@H]3C3=CC[C@@H]5[C@@]6(C)CC[C@H](O)C(C)(C)C6CC[C@@]5(C)[C@]3(C)C[C@H]4O)[C@H](O)C[C@]3(C)C(=CC[C@@H]4[C@@]5(C)CC[C@H](O)C(C)(C)C5CC[C@]43C)[C@@H]2C1. The van der Waals surface area contributed by atoms with Crippen LogP contribution in [0.1, 0.15) is 219 Å². The van der Waals surface area contributed by atoms with Crippen LogP contribution in [-0.2, 0) is 9.59 Å². The van der Waals surface area contributed by atoms with E-state index in [0.29, 0.717) is 68.9 Å². The summed E-state index contributed by atoms with van der Waals surface area (Å²) in [6, 6.07) is 0. The number of allylic oxidation sites excluding steroid dienone is 4. The highest BCUT2D eigenvalue weighted by molar-refractivity contribution is 5.86. The van der Waals surface area contributed by atoms with Crippen LogP contribution < -0.4 is 10.6 Å². The number of carbonyl (C=O) groups excluding carboxylic acids is 2. The van der Waals surface area contributed by atoms with E-state index in [0.717, 1.165) is 89.9 Å². The molecule has 0 aromatic rings. The van der Waals surface area contributed by atoms with Crippen molar-refractivity contribution in [2.45, 2.75) is 243 Å². The predicted molar refractivity (Wildman–Crippen MR) is 284 cm³/mol. The van der Waals surface area contributed by atoms with Gasteiger partial charge in [0.1, 0.15) is 0 Å². The van der Waals surface area contributed by atoms with Crippen molar-refractivity contribution in [2.24, 2.45) is 100 Å². The predicted octanol–water partition coefficient (Wildman–Crippen LogP) is 11.9. The molecule has 0 spiro atoms. The fourth-order valence-corrected chi connectivity index (χ4v) is 22.3. The molecule has 0 heterocycles. The minimum Gasteiger partial charge on any atom is -0.393 e. The fraction of sp³-hybridized carbons (Fsp3) is 0.905. The zero-order chi connectivity index (χ0) is 51.8. The van der Waals surface area contributed by atoms with E-state index in [1.807, 2.05) is 0 Å². The van der Waals surface area contributed by atoms with E-state index in [1.54, 1.807) is 0 Å². The van der Waals surface area contributed by atoms with Crippen LogP contribution in [0.15, 0.2) is 23.3 Å². The molecule has 2 unspecified atom stereocenters. The van der Waals surface area contributed by atoms with Crippen LogP contribution in [-0.4, -0.2) is 69.7 Å². The molecule has 71 heavy (non-hydrogen) atoms. The molecule has 10 aliphatic carbocycles. The first-order valence-corrected chi connectivity index (χ1v) is 29.5. The quantitative estimate of drug-likeness (QED) is 0.116. The fourth-order valence-electron chi connectivity index (χ4n) is 22.3. The van der Waals surface area contributed by atoms with Gasteiger partial charge in [0, 0.05) is 13.1 Å². The summed E-state index contributed by atoms with van der Waals surface area (Å²) in [5, 5.41) is 54.8. The van der Waals surface area contributed by atoms with E-state index in [1.165, 1.54) is 11.1 Å². The molecule has 0 bridgehead atoms. The van der Waals surface area contributed by atoms with Crippen LogP contribution in [0.2, 0.25) is 0 Å². The first kappa shape index (κ1) is 52.7. The first-order valence-electron chi connectivity index (χ1n) is 29.5. The van der Waals surface area contributed by atoms with Crippen LogP contribution in [0, 0.1) is 100 Å². The molecule has 400 valence electrons. The minimum absolute atomic E-state index is 0.0206. The summed E-state index contributed by atoms with van der Waals surface area (Å²) in [4.78, 5) is 30.1. The Balaban J connectivity index is 0.853. The average molecular weight is 984 g/mol. The Labute approximate surface area is 431 Å². The Hall–Kier alpha value is -1.74. The third-order valence-corrected chi connectivity index (χ3v) is 27.1. The number of aliphatic hydroxyl groups is 4. The van der Waals surface area contributed by atoms with Gasteiger partial charge in [0.15, 0.2) is 0 Å². The number of fused-ring (bicyclic) bond motifs is 14. The van der Waals surface area contributed by atoms with Crippen molar-refractivity contribution in [3.05, 3.63) is 23.3 Å². The summed E-state index contributed by atoms with van der Waals surface area (Å²) in [7, 11) is 0. The van der Waals surface area contributed by atoms with Crippen LogP contribution in [0.25, 0.3) is 0 Å². The van der Waals surface area contributed by atoms with Crippen LogP contribution in [0.4, 0.5) is 0 Å². The van der Waals surface area contributed by atoms with Crippen molar-refractivity contribution < 1.29 is 30.0 Å². The number of amides is 2. The van der Waals surface area contributed by atoms with E-state index >= 15 is 9.59 Å². The van der Waals surface area contributed by atoms with Gasteiger partial charge < -0.3 is 31.1 Å². The molecule has 2 amide bonds. The summed E-state index contributed by atoms with van der Waals surface area (Å²) in [6.07, 6.45) is 19.8. The molecule has 8 saturated carbocycles. The number of aliphatic hydroxyl groups excluding tert-OH is 4. The van der Waals surface area contributed by atoms with Gasteiger partial charge in [-0.3, -0.25) is 9.59 Å². The number of rotatable bonds is 6. The van der Waals surface area contributed by atoms with Crippen molar-refractivity contribution in [1.82, 2.24) is 10.6 Å². The molecule has 0 saturated heterocycles. The lowest BCUT2D eigenvalue weighted by molar-refractivity contribution is -0.215. The Morgan fingerprint density at radius 3 is 1.20 bits per heavy atom. The third-order valence-electron chi connectivity index (χ3n) is 27.1. The van der Waals surface area contributed by atoms with Crippen molar-refractivity contribution in [1.29, 1.82) is 0 Å². The van der Waals surface area contributed by atoms with E-state index in [2.05, 4.69) is 120 Å². The van der Waals surface area contributed by atoms with Crippen LogP contribution in [0.3, 0.4) is 0 Å². The minimum atomic E-state index is -0.889. The Morgan fingerprint density at radius 2 is 0.831 bits per heavy atom. The lowest BCUT2D eigenvalue weighted by Crippen LogP contribution is -2.68. The zero-order valence-electron chi connectivity index (χ0n) is 47.4. The van der Waals surface area contributed by atoms with Crippen LogP contribution in [0.5, 0.6) is 0 Å². The summed E-state index contributed by atoms with van der Waals surface area (Å²) in [6.45, 7) is 34.4. The normalized spacial score (nSPS) is 51.9. The van der Waals surface area contributed by atoms with Gasteiger partial charge in [0.2, 0.25) is 11.8 Å². The van der Waals surface area contributed by atoms with Gasteiger partial charge >= 0.3 is 0 Å². The number of carbonyl (C=O) groups is 2. The molecule has 6 N–H and O–H groups in total. The molecule has 0 aliphatic heterocycles. The first-order chi connectivity index (χ1) is 32.8. The lowest BCUT2D eigenvalue weighted by atomic mass is 9.33. The van der Waals surface area contributed by atoms with Gasteiger partial charge in [-0.1, -0.05) is 120 Å². The van der Waals surface area contributed by atoms with E-state index in [4.69, 9.17) is 0 Å². The topological polar surface area (TPSA) is 139 Å². The highest BCUT2D eigenvalue weighted by Crippen LogP contribution is 2.78. The van der Waals surface area contributed by atoms with Gasteiger partial charge in [0.05, 0.1) is 35.2 Å². The highest BCUT2D eigenvalue weighted by atomic mass is 16.3. The lowest BCUT2D eigenvalue weighted by Gasteiger charge is -2.71. The number of hydrogen-bond donors (Lipinski definition) is 6. The molecule has 18 atom stereocenters. The second-order valence-corrected chi connectivity index (χ2v) is 31.6. The number of hydrogen-bond acceptors (Lipinski definition) is 6. The molecule has 0 radical (unpaired) electrons. The Morgan fingerprint density at radius 1 is 0.465 bits per heavy atom. The van der Waals surface area contributed by atoms with E-state index < -0.39 is 23.0 Å². The van der Waals surface area contributed by atoms with Crippen molar-refractivity contribution in [3.63, 3.8) is 0 Å². The summed E-state index contributed by atoms with van der Waals surface area (Å²) in [5.74, 6) is 1.69. The molecular weight excluding hydrogens is 881 g/mol. The molecule has 0 aromatic heterocycles. The Kier molecular flexibility index (Phi) is 12.2. The van der Waals surface area contributed by atoms with Gasteiger partial charge in [-0.15, -0.1) is 0 Å². The second-order valence-electron chi connectivity index (χ2n) is 31.6. The maximum atomic E-state index is 15.1. The molecule has 10 aliphatic rings. The van der Waals surface area contributed by atoms with Crippen molar-refractivity contribution in [3.8, 4) is 0 Å². The summed E-state index contributed by atoms with van der Waals surface area (Å²) < 4.78 is 0.